The topological polar surface area (TPSA) is 72.6 Å². The van der Waals surface area contributed by atoms with Crippen LogP contribution in [-0.2, 0) is 10.0 Å². The van der Waals surface area contributed by atoms with E-state index in [1.165, 1.54) is 25.3 Å². The molecule has 0 aromatic heterocycles. The Kier molecular flexibility index (Phi) is 4.95. The molecule has 1 aromatic carbocycles. The fourth-order valence-electron chi connectivity index (χ4n) is 2.29. The lowest BCUT2D eigenvalue weighted by atomic mass is 10.1. The number of nitrogens with two attached hydrogens (primary N) is 1. The Morgan fingerprint density at radius 3 is 2.60 bits per heavy atom. The van der Waals surface area contributed by atoms with E-state index >= 15 is 0 Å². The quantitative estimate of drug-likeness (QED) is 0.891. The number of piperidine rings is 1. The van der Waals surface area contributed by atoms with E-state index in [1.54, 1.807) is 0 Å². The summed E-state index contributed by atoms with van der Waals surface area (Å²) < 4.78 is 41.3. The van der Waals surface area contributed by atoms with Gasteiger partial charge in [0.2, 0.25) is 10.0 Å². The molecule has 7 heteroatoms. The number of primary sulfonamides is 1. The number of benzene rings is 1. The predicted octanol–water partition coefficient (Wildman–Crippen LogP) is 1.34. The number of nitrogens with zero attached hydrogens (tertiary/aromatic N) is 1. The maximum absolute atomic E-state index is 13.1. The van der Waals surface area contributed by atoms with Crippen molar-refractivity contribution >= 4 is 10.0 Å². The third-order valence-electron chi connectivity index (χ3n) is 3.33. The molecule has 0 aliphatic carbocycles. The van der Waals surface area contributed by atoms with Gasteiger partial charge in [0.1, 0.15) is 23.1 Å². The van der Waals surface area contributed by atoms with E-state index in [-0.39, 0.29) is 10.6 Å². The second-order valence-electron chi connectivity index (χ2n) is 4.89. The third-order valence-corrected chi connectivity index (χ3v) is 4.26. The summed E-state index contributed by atoms with van der Waals surface area (Å²) in [6, 6.07) is 3.34. The van der Waals surface area contributed by atoms with Gasteiger partial charge < -0.3 is 4.74 Å². The van der Waals surface area contributed by atoms with Crippen molar-refractivity contribution < 1.29 is 17.5 Å². The monoisotopic (exact) mass is 302 g/mol. The van der Waals surface area contributed by atoms with E-state index in [2.05, 4.69) is 4.90 Å². The molecule has 1 heterocycles. The zero-order valence-corrected chi connectivity index (χ0v) is 12.0. The Morgan fingerprint density at radius 1 is 1.25 bits per heavy atom. The molecular weight excluding hydrogens is 283 g/mol. The molecule has 1 saturated heterocycles. The first-order valence-electron chi connectivity index (χ1n) is 6.64. The number of sulfonamides is 1. The Hall–Kier alpha value is -1.18. The number of ether oxygens (including phenoxy) is 1. The van der Waals surface area contributed by atoms with Gasteiger partial charge in [-0.1, -0.05) is 6.42 Å². The first kappa shape index (κ1) is 15.2. The molecule has 0 radical (unpaired) electrons. The number of halogens is 1. The lowest BCUT2D eigenvalue weighted by Crippen LogP contribution is -2.33. The van der Waals surface area contributed by atoms with Crippen LogP contribution in [0.5, 0.6) is 5.75 Å². The molecule has 20 heavy (non-hydrogen) atoms. The maximum Gasteiger partial charge on any atom is 0.241 e. The summed E-state index contributed by atoms with van der Waals surface area (Å²) in [6.45, 7) is 3.15. The van der Waals surface area contributed by atoms with Crippen molar-refractivity contribution in [3.8, 4) is 5.75 Å². The van der Waals surface area contributed by atoms with Gasteiger partial charge in [-0.15, -0.1) is 0 Å². The first-order valence-corrected chi connectivity index (χ1v) is 8.19. The van der Waals surface area contributed by atoms with Crippen LogP contribution in [0.3, 0.4) is 0 Å². The Labute approximate surface area is 118 Å². The molecule has 1 aliphatic heterocycles. The molecule has 1 aliphatic rings. The minimum Gasteiger partial charge on any atom is -0.491 e. The molecule has 0 amide bonds. The number of rotatable bonds is 5. The van der Waals surface area contributed by atoms with Gasteiger partial charge >= 0.3 is 0 Å². The summed E-state index contributed by atoms with van der Waals surface area (Å²) in [5.74, 6) is -0.552. The first-order chi connectivity index (χ1) is 9.47. The normalized spacial score (nSPS) is 17.1. The number of hydrogen-bond donors (Lipinski definition) is 1. The highest BCUT2D eigenvalue weighted by Gasteiger charge is 2.17. The molecule has 2 N–H and O–H groups in total. The lowest BCUT2D eigenvalue weighted by molar-refractivity contribution is 0.181. The molecule has 1 fully saturated rings. The summed E-state index contributed by atoms with van der Waals surface area (Å²) in [5.41, 5.74) is 0. The fraction of sp³-hybridized carbons (Fsp3) is 0.538. The Balaban J connectivity index is 1.98. The van der Waals surface area contributed by atoms with Crippen LogP contribution in [0.15, 0.2) is 23.1 Å². The molecule has 112 valence electrons. The van der Waals surface area contributed by atoms with E-state index in [0.717, 1.165) is 31.8 Å². The van der Waals surface area contributed by atoms with E-state index in [0.29, 0.717) is 6.61 Å². The van der Waals surface area contributed by atoms with Gasteiger partial charge in [-0.05, 0) is 44.1 Å². The van der Waals surface area contributed by atoms with Crippen LogP contribution in [0.1, 0.15) is 19.3 Å². The van der Waals surface area contributed by atoms with Gasteiger partial charge in [0.25, 0.3) is 0 Å². The summed E-state index contributed by atoms with van der Waals surface area (Å²) in [7, 11) is -3.99. The maximum atomic E-state index is 13.1. The van der Waals surface area contributed by atoms with E-state index in [4.69, 9.17) is 9.88 Å². The molecule has 0 unspecified atom stereocenters. The molecule has 1 aromatic rings. The zero-order chi connectivity index (χ0) is 14.6. The summed E-state index contributed by atoms with van der Waals surface area (Å²) >= 11 is 0. The Morgan fingerprint density at radius 2 is 1.95 bits per heavy atom. The highest BCUT2D eigenvalue weighted by atomic mass is 32.2. The van der Waals surface area contributed by atoms with E-state index in [1.807, 2.05) is 0 Å². The van der Waals surface area contributed by atoms with Crippen LogP contribution in [0.2, 0.25) is 0 Å². The average molecular weight is 302 g/mol. The van der Waals surface area contributed by atoms with Crippen LogP contribution >= 0.6 is 0 Å². The standard InChI is InChI=1S/C13H19FN2O3S/c14-11-4-5-12(13(10-11)20(15,17)18)19-9-8-16-6-2-1-3-7-16/h4-5,10H,1-3,6-9H2,(H2,15,17,18). The van der Waals surface area contributed by atoms with Crippen molar-refractivity contribution in [2.45, 2.75) is 24.2 Å². The van der Waals surface area contributed by atoms with Crippen LogP contribution in [0.4, 0.5) is 4.39 Å². The van der Waals surface area contributed by atoms with Crippen molar-refractivity contribution in [3.05, 3.63) is 24.0 Å². The second-order valence-corrected chi connectivity index (χ2v) is 6.42. The van der Waals surface area contributed by atoms with Crippen molar-refractivity contribution in [2.75, 3.05) is 26.2 Å². The van der Waals surface area contributed by atoms with Gasteiger partial charge in [-0.25, -0.2) is 17.9 Å². The molecule has 0 saturated carbocycles. The highest BCUT2D eigenvalue weighted by molar-refractivity contribution is 7.89. The number of likely N-dealkylation sites (tertiary alicyclic amines) is 1. The van der Waals surface area contributed by atoms with E-state index < -0.39 is 15.8 Å². The van der Waals surface area contributed by atoms with Crippen molar-refractivity contribution in [2.24, 2.45) is 5.14 Å². The lowest BCUT2D eigenvalue weighted by Gasteiger charge is -2.26. The van der Waals surface area contributed by atoms with Crippen molar-refractivity contribution in [3.63, 3.8) is 0 Å². The predicted molar refractivity (Wildman–Crippen MR) is 73.6 cm³/mol. The van der Waals surface area contributed by atoms with Crippen LogP contribution in [0, 0.1) is 5.82 Å². The molecule has 2 rings (SSSR count). The third kappa shape index (κ3) is 4.16. The number of hydrogen-bond acceptors (Lipinski definition) is 4. The molecule has 0 bridgehead atoms. The van der Waals surface area contributed by atoms with Crippen molar-refractivity contribution in [1.82, 2.24) is 4.90 Å². The van der Waals surface area contributed by atoms with Gasteiger partial charge in [-0.3, -0.25) is 4.90 Å². The molecule has 0 spiro atoms. The second kappa shape index (κ2) is 6.51. The van der Waals surface area contributed by atoms with Crippen LogP contribution in [0.25, 0.3) is 0 Å². The fourth-order valence-corrected chi connectivity index (χ4v) is 2.98. The smallest absolute Gasteiger partial charge is 0.241 e. The Bertz CT molecular complexity index is 557. The van der Waals surface area contributed by atoms with Crippen LogP contribution < -0.4 is 9.88 Å². The molecule has 5 nitrogen and oxygen atoms in total. The van der Waals surface area contributed by atoms with Gasteiger partial charge in [-0.2, -0.15) is 0 Å². The van der Waals surface area contributed by atoms with E-state index in [9.17, 15) is 12.8 Å². The minimum absolute atomic E-state index is 0.103. The summed E-state index contributed by atoms with van der Waals surface area (Å²) in [4.78, 5) is 1.96. The largest absolute Gasteiger partial charge is 0.491 e. The zero-order valence-electron chi connectivity index (χ0n) is 11.2. The average Bonchev–Trinajstić information content (AvgIpc) is 2.40. The van der Waals surface area contributed by atoms with Gasteiger partial charge in [0, 0.05) is 6.54 Å². The minimum atomic E-state index is -3.99. The van der Waals surface area contributed by atoms with Gasteiger partial charge in [0.15, 0.2) is 0 Å². The van der Waals surface area contributed by atoms with Crippen molar-refractivity contribution in [1.29, 1.82) is 0 Å². The van der Waals surface area contributed by atoms with Crippen LogP contribution in [-0.4, -0.2) is 39.6 Å². The molecular formula is C13H19FN2O3S. The summed E-state index contributed by atoms with van der Waals surface area (Å²) in [6.07, 6.45) is 3.61. The molecule has 0 atom stereocenters. The highest BCUT2D eigenvalue weighted by Crippen LogP contribution is 2.23. The van der Waals surface area contributed by atoms with Gasteiger partial charge in [0.05, 0.1) is 0 Å². The summed E-state index contributed by atoms with van der Waals surface area (Å²) in [5, 5.41) is 5.06. The SMILES string of the molecule is NS(=O)(=O)c1cc(F)ccc1OCCN1CCCCC1.